The maximum atomic E-state index is 13.6. The highest BCUT2D eigenvalue weighted by atomic mass is 35.5. The molecule has 1 heterocycles. The first-order chi connectivity index (χ1) is 17.4. The second-order valence-electron chi connectivity index (χ2n) is 8.22. The van der Waals surface area contributed by atoms with Crippen LogP contribution in [0.25, 0.3) is 0 Å². The number of carbonyl (C=O) groups is 2. The number of nitrogens with zero attached hydrogens (tertiary/aromatic N) is 2. The largest absolute Gasteiger partial charge is 0.497 e. The maximum absolute atomic E-state index is 13.6. The Morgan fingerprint density at radius 3 is 2.11 bits per heavy atom. The van der Waals surface area contributed by atoms with Crippen molar-refractivity contribution in [2.75, 3.05) is 31.0 Å². The third-order valence-electron chi connectivity index (χ3n) is 5.96. The molecule has 0 unspecified atom stereocenters. The summed E-state index contributed by atoms with van der Waals surface area (Å²) in [6, 6.07) is 20.9. The molecular formula is C27H26ClN3O4S. The molecule has 1 saturated heterocycles. The van der Waals surface area contributed by atoms with Gasteiger partial charge in [0, 0.05) is 17.3 Å². The van der Waals surface area contributed by atoms with Crippen molar-refractivity contribution in [3.05, 3.63) is 83.4 Å². The van der Waals surface area contributed by atoms with E-state index in [1.54, 1.807) is 62.8 Å². The van der Waals surface area contributed by atoms with Crippen LogP contribution in [-0.2, 0) is 16.0 Å². The SMILES string of the molecule is COc1ccc(NC(=O)C[C@@H]2C(=O)N(c3ccc(OC)cc3)C(=S)N2CCc2ccc(Cl)cc2)cc1. The molecule has 0 saturated carbocycles. The van der Waals surface area contributed by atoms with Crippen molar-refractivity contribution in [2.24, 2.45) is 0 Å². The van der Waals surface area contributed by atoms with E-state index in [1.165, 1.54) is 4.90 Å². The molecule has 3 aromatic rings. The van der Waals surface area contributed by atoms with Crippen LogP contribution in [0.4, 0.5) is 11.4 Å². The molecular weight excluding hydrogens is 498 g/mol. The zero-order valence-electron chi connectivity index (χ0n) is 19.9. The number of methoxy groups -OCH3 is 2. The molecule has 1 aliphatic heterocycles. The van der Waals surface area contributed by atoms with Crippen molar-refractivity contribution in [1.29, 1.82) is 0 Å². The number of hydrogen-bond acceptors (Lipinski definition) is 5. The van der Waals surface area contributed by atoms with Crippen molar-refractivity contribution in [3.8, 4) is 11.5 Å². The van der Waals surface area contributed by atoms with Gasteiger partial charge in [-0.05, 0) is 84.9 Å². The maximum Gasteiger partial charge on any atom is 0.256 e. The molecule has 36 heavy (non-hydrogen) atoms. The third kappa shape index (κ3) is 5.78. The minimum atomic E-state index is -0.731. The summed E-state index contributed by atoms with van der Waals surface area (Å²) in [5, 5.41) is 3.88. The van der Waals surface area contributed by atoms with Gasteiger partial charge in [0.15, 0.2) is 5.11 Å². The lowest BCUT2D eigenvalue weighted by Crippen LogP contribution is -2.39. The van der Waals surface area contributed by atoms with Gasteiger partial charge in [0.25, 0.3) is 5.91 Å². The van der Waals surface area contributed by atoms with E-state index in [4.69, 9.17) is 33.3 Å². The first-order valence-corrected chi connectivity index (χ1v) is 12.1. The summed E-state index contributed by atoms with van der Waals surface area (Å²) in [5.74, 6) is 0.833. The van der Waals surface area contributed by atoms with E-state index in [9.17, 15) is 9.59 Å². The predicted molar refractivity (Wildman–Crippen MR) is 145 cm³/mol. The zero-order valence-corrected chi connectivity index (χ0v) is 21.5. The van der Waals surface area contributed by atoms with Crippen LogP contribution >= 0.6 is 23.8 Å². The summed E-state index contributed by atoms with van der Waals surface area (Å²) in [7, 11) is 3.16. The molecule has 186 valence electrons. The van der Waals surface area contributed by atoms with Gasteiger partial charge in [0.2, 0.25) is 5.91 Å². The fourth-order valence-corrected chi connectivity index (χ4v) is 4.56. The van der Waals surface area contributed by atoms with E-state index < -0.39 is 6.04 Å². The van der Waals surface area contributed by atoms with Gasteiger partial charge in [-0.15, -0.1) is 0 Å². The van der Waals surface area contributed by atoms with Crippen LogP contribution in [0.1, 0.15) is 12.0 Å². The number of ether oxygens (including phenoxy) is 2. The fourth-order valence-electron chi connectivity index (χ4n) is 4.02. The van der Waals surface area contributed by atoms with Crippen molar-refractivity contribution in [1.82, 2.24) is 4.90 Å². The summed E-state index contributed by atoms with van der Waals surface area (Å²) in [5.41, 5.74) is 2.30. The van der Waals surface area contributed by atoms with E-state index in [-0.39, 0.29) is 18.2 Å². The average Bonchev–Trinajstić information content (AvgIpc) is 3.12. The highest BCUT2D eigenvalue weighted by Crippen LogP contribution is 2.29. The summed E-state index contributed by atoms with van der Waals surface area (Å²) in [6.45, 7) is 0.472. The van der Waals surface area contributed by atoms with Gasteiger partial charge in [-0.1, -0.05) is 23.7 Å². The molecule has 0 aromatic heterocycles. The lowest BCUT2D eigenvalue weighted by atomic mass is 10.1. The Balaban J connectivity index is 1.54. The quantitative estimate of drug-likeness (QED) is 0.401. The van der Waals surface area contributed by atoms with Gasteiger partial charge in [-0.3, -0.25) is 14.5 Å². The minimum Gasteiger partial charge on any atom is -0.497 e. The van der Waals surface area contributed by atoms with Crippen molar-refractivity contribution in [2.45, 2.75) is 18.9 Å². The second-order valence-corrected chi connectivity index (χ2v) is 9.02. The van der Waals surface area contributed by atoms with E-state index in [0.717, 1.165) is 5.56 Å². The lowest BCUT2D eigenvalue weighted by molar-refractivity contribution is -0.124. The zero-order chi connectivity index (χ0) is 25.7. The summed E-state index contributed by atoms with van der Waals surface area (Å²) in [4.78, 5) is 29.8. The molecule has 2 amide bonds. The van der Waals surface area contributed by atoms with E-state index in [0.29, 0.717) is 46.0 Å². The number of thiocarbonyl (C=S) groups is 1. The number of amides is 2. The number of nitrogens with one attached hydrogen (secondary N) is 1. The van der Waals surface area contributed by atoms with Gasteiger partial charge < -0.3 is 19.7 Å². The molecule has 0 aliphatic carbocycles. The highest BCUT2D eigenvalue weighted by molar-refractivity contribution is 7.80. The van der Waals surface area contributed by atoms with Crippen LogP contribution in [0.5, 0.6) is 11.5 Å². The smallest absolute Gasteiger partial charge is 0.256 e. The first kappa shape index (κ1) is 25.5. The summed E-state index contributed by atoms with van der Waals surface area (Å²) < 4.78 is 10.4. The molecule has 0 bridgehead atoms. The van der Waals surface area contributed by atoms with E-state index in [2.05, 4.69) is 5.32 Å². The third-order valence-corrected chi connectivity index (χ3v) is 6.63. The number of benzene rings is 3. The Hall–Kier alpha value is -3.62. The fraction of sp³-hybridized carbons (Fsp3) is 0.222. The molecule has 9 heteroatoms. The van der Waals surface area contributed by atoms with Gasteiger partial charge in [0.1, 0.15) is 17.5 Å². The Labute approximate surface area is 220 Å². The predicted octanol–water partition coefficient (Wildman–Crippen LogP) is 4.93. The van der Waals surface area contributed by atoms with Crippen LogP contribution in [0, 0.1) is 0 Å². The van der Waals surface area contributed by atoms with E-state index >= 15 is 0 Å². The van der Waals surface area contributed by atoms with Gasteiger partial charge in [-0.25, -0.2) is 0 Å². The average molecular weight is 524 g/mol. The van der Waals surface area contributed by atoms with Gasteiger partial charge in [-0.2, -0.15) is 0 Å². The van der Waals surface area contributed by atoms with Crippen LogP contribution in [0.3, 0.4) is 0 Å². The molecule has 0 spiro atoms. The Morgan fingerprint density at radius 2 is 1.53 bits per heavy atom. The van der Waals surface area contributed by atoms with Crippen molar-refractivity contribution < 1.29 is 19.1 Å². The van der Waals surface area contributed by atoms with Crippen molar-refractivity contribution >= 4 is 52.1 Å². The molecule has 1 N–H and O–H groups in total. The lowest BCUT2D eigenvalue weighted by Gasteiger charge is -2.24. The van der Waals surface area contributed by atoms with Gasteiger partial charge >= 0.3 is 0 Å². The second kappa shape index (κ2) is 11.4. The summed E-state index contributed by atoms with van der Waals surface area (Å²) in [6.07, 6.45) is 0.593. The van der Waals surface area contributed by atoms with Crippen LogP contribution in [0.15, 0.2) is 72.8 Å². The number of halogens is 1. The molecule has 4 rings (SSSR count). The van der Waals surface area contributed by atoms with Gasteiger partial charge in [0.05, 0.1) is 26.3 Å². The Bertz CT molecular complexity index is 1230. The number of hydrogen-bond donors (Lipinski definition) is 1. The first-order valence-electron chi connectivity index (χ1n) is 11.4. The molecule has 0 radical (unpaired) electrons. The van der Waals surface area contributed by atoms with Crippen LogP contribution in [-0.4, -0.2) is 48.6 Å². The van der Waals surface area contributed by atoms with Crippen molar-refractivity contribution in [3.63, 3.8) is 0 Å². The normalized spacial score (nSPS) is 15.2. The molecule has 1 atom stereocenters. The highest BCUT2D eigenvalue weighted by Gasteiger charge is 2.43. The molecule has 3 aromatic carbocycles. The van der Waals surface area contributed by atoms with E-state index in [1.807, 2.05) is 29.2 Å². The monoisotopic (exact) mass is 523 g/mol. The Morgan fingerprint density at radius 1 is 0.944 bits per heavy atom. The number of anilines is 2. The number of rotatable bonds is 9. The Kier molecular flexibility index (Phi) is 8.07. The topological polar surface area (TPSA) is 71.1 Å². The summed E-state index contributed by atoms with van der Waals surface area (Å²) >= 11 is 11.7. The molecule has 1 aliphatic rings. The minimum absolute atomic E-state index is 0.0434. The molecule has 7 nitrogen and oxygen atoms in total. The van der Waals surface area contributed by atoms with Crippen LogP contribution < -0.4 is 19.7 Å². The van der Waals surface area contributed by atoms with Crippen LogP contribution in [0.2, 0.25) is 5.02 Å². The standard InChI is InChI=1S/C27H26ClN3O4S/c1-34-22-11-7-20(8-12-22)29-25(32)17-24-26(33)31(21-9-13-23(35-2)14-10-21)27(36)30(24)16-15-18-3-5-19(28)6-4-18/h3-14,24H,15-17H2,1-2H3,(H,29,32)/t24-/m1/s1. The number of carbonyl (C=O) groups excluding carboxylic acids is 2. The molecule has 1 fully saturated rings.